The van der Waals surface area contributed by atoms with E-state index in [1.807, 2.05) is 22.9 Å². The molecule has 2 N–H and O–H groups in total. The molecule has 0 fully saturated rings. The smallest absolute Gasteiger partial charge is 0.335 e. The number of rotatable bonds is 3. The highest BCUT2D eigenvalue weighted by Gasteiger charge is 2.25. The molecule has 6 heteroatoms. The lowest BCUT2D eigenvalue weighted by Gasteiger charge is -2.07. The molecule has 2 heterocycles. The fourth-order valence-electron chi connectivity index (χ4n) is 3.00. The molecule has 24 heavy (non-hydrogen) atoms. The quantitative estimate of drug-likeness (QED) is 0.620. The number of carbonyl (C=O) groups is 1. The van der Waals surface area contributed by atoms with E-state index in [2.05, 4.69) is 40.0 Å². The van der Waals surface area contributed by atoms with Gasteiger partial charge in [0.15, 0.2) is 0 Å². The first-order valence-electron chi connectivity index (χ1n) is 7.59. The van der Waals surface area contributed by atoms with Crippen LogP contribution in [0.4, 0.5) is 5.82 Å². The van der Waals surface area contributed by atoms with E-state index in [1.165, 1.54) is 5.56 Å². The lowest BCUT2D eigenvalue weighted by molar-refractivity contribution is 0.0697. The molecule has 120 valence electrons. The summed E-state index contributed by atoms with van der Waals surface area (Å²) in [5.41, 5.74) is 4.25. The molecule has 5 nitrogen and oxygen atoms in total. The second-order valence-electron chi connectivity index (χ2n) is 5.60. The number of carboxylic acids is 1. The molecule has 0 unspecified atom stereocenters. The van der Waals surface area contributed by atoms with Gasteiger partial charge in [-0.15, -0.1) is 0 Å². The fourth-order valence-corrected chi connectivity index (χ4v) is 3.64. The van der Waals surface area contributed by atoms with Crippen LogP contribution < -0.4 is 5.32 Å². The van der Waals surface area contributed by atoms with Crippen molar-refractivity contribution < 1.29 is 9.90 Å². The first-order valence-corrected chi connectivity index (χ1v) is 8.67. The minimum absolute atomic E-state index is 0.255. The summed E-state index contributed by atoms with van der Waals surface area (Å²) in [5, 5.41) is 17.4. The highest BCUT2D eigenvalue weighted by molar-refractivity contribution is 14.1. The van der Waals surface area contributed by atoms with Crippen LogP contribution in [-0.4, -0.2) is 27.4 Å². The fraction of sp³-hybridized carbons (Fsp3) is 0.111. The van der Waals surface area contributed by atoms with E-state index < -0.39 is 5.97 Å². The van der Waals surface area contributed by atoms with Crippen LogP contribution in [0, 0.1) is 3.57 Å². The topological polar surface area (TPSA) is 67.1 Å². The highest BCUT2D eigenvalue weighted by Crippen LogP contribution is 2.36. The van der Waals surface area contributed by atoms with Gasteiger partial charge in [-0.25, -0.2) is 9.48 Å². The van der Waals surface area contributed by atoms with Crippen molar-refractivity contribution in [2.75, 3.05) is 11.9 Å². The second-order valence-corrected chi connectivity index (χ2v) is 6.76. The average Bonchev–Trinajstić information content (AvgIpc) is 3.18. The summed E-state index contributed by atoms with van der Waals surface area (Å²) >= 11 is 2.32. The molecule has 3 aromatic rings. The standard InChI is InChI=1S/C18H14IN3O2/c19-15-7-2-1-6-13(15)16-14-8-9-20-17(14)22(21-16)12-5-3-4-11(10-12)18(23)24/h1-7,10,20H,8-9H2,(H,23,24). The van der Waals surface area contributed by atoms with E-state index in [0.29, 0.717) is 0 Å². The molecule has 0 bridgehead atoms. The molecule has 2 aromatic carbocycles. The molecule has 0 atom stereocenters. The van der Waals surface area contributed by atoms with E-state index in [1.54, 1.807) is 18.2 Å². The zero-order chi connectivity index (χ0) is 16.7. The van der Waals surface area contributed by atoms with E-state index >= 15 is 0 Å². The largest absolute Gasteiger partial charge is 0.478 e. The monoisotopic (exact) mass is 431 g/mol. The zero-order valence-electron chi connectivity index (χ0n) is 12.7. The van der Waals surface area contributed by atoms with Crippen LogP contribution in [0.15, 0.2) is 48.5 Å². The number of aromatic carboxylic acids is 1. The van der Waals surface area contributed by atoms with Gasteiger partial charge in [-0.3, -0.25) is 0 Å². The second kappa shape index (κ2) is 5.94. The summed E-state index contributed by atoms with van der Waals surface area (Å²) in [4.78, 5) is 11.2. The molecule has 0 aliphatic carbocycles. The number of carboxylic acid groups (broad SMARTS) is 1. The maximum atomic E-state index is 11.2. The summed E-state index contributed by atoms with van der Waals surface area (Å²) < 4.78 is 2.96. The molecular formula is C18H14IN3O2. The summed E-state index contributed by atoms with van der Waals surface area (Å²) in [6.07, 6.45) is 0.911. The van der Waals surface area contributed by atoms with Crippen LogP contribution in [-0.2, 0) is 6.42 Å². The van der Waals surface area contributed by atoms with Crippen LogP contribution in [0.5, 0.6) is 0 Å². The van der Waals surface area contributed by atoms with Crippen molar-refractivity contribution in [2.45, 2.75) is 6.42 Å². The Bertz CT molecular complexity index is 949. The lowest BCUT2D eigenvalue weighted by Crippen LogP contribution is -2.06. The highest BCUT2D eigenvalue weighted by atomic mass is 127. The van der Waals surface area contributed by atoms with E-state index in [9.17, 15) is 9.90 Å². The Morgan fingerprint density at radius 2 is 2.04 bits per heavy atom. The molecular weight excluding hydrogens is 417 g/mol. The SMILES string of the molecule is O=C(O)c1cccc(-n2nc(-c3ccccc3I)c3c2NCC3)c1. The van der Waals surface area contributed by atoms with Gasteiger partial charge < -0.3 is 10.4 Å². The molecule has 0 spiro atoms. The molecule has 1 aliphatic rings. The Morgan fingerprint density at radius 1 is 1.21 bits per heavy atom. The van der Waals surface area contributed by atoms with Crippen LogP contribution in [0.25, 0.3) is 16.9 Å². The van der Waals surface area contributed by atoms with Crippen LogP contribution in [0.1, 0.15) is 15.9 Å². The van der Waals surface area contributed by atoms with Gasteiger partial charge in [0.05, 0.1) is 16.9 Å². The molecule has 4 rings (SSSR count). The summed E-state index contributed by atoms with van der Waals surface area (Å²) in [6.45, 7) is 0.863. The summed E-state index contributed by atoms with van der Waals surface area (Å²) in [5.74, 6) is 0.0126. The van der Waals surface area contributed by atoms with Crippen molar-refractivity contribution in [3.8, 4) is 16.9 Å². The zero-order valence-corrected chi connectivity index (χ0v) is 14.8. The number of nitrogens with zero attached hydrogens (tertiary/aromatic N) is 2. The lowest BCUT2D eigenvalue weighted by atomic mass is 10.1. The van der Waals surface area contributed by atoms with Crippen molar-refractivity contribution in [1.29, 1.82) is 0 Å². The van der Waals surface area contributed by atoms with Gasteiger partial charge >= 0.3 is 5.97 Å². The van der Waals surface area contributed by atoms with Gasteiger partial charge in [-0.2, -0.15) is 5.10 Å². The van der Waals surface area contributed by atoms with Gasteiger partial charge in [0.25, 0.3) is 0 Å². The Labute approximate surface area is 152 Å². The van der Waals surface area contributed by atoms with Gasteiger partial charge in [0.2, 0.25) is 0 Å². The Kier molecular flexibility index (Phi) is 3.76. The van der Waals surface area contributed by atoms with Crippen molar-refractivity contribution >= 4 is 34.4 Å². The summed E-state index contributed by atoms with van der Waals surface area (Å²) in [7, 11) is 0. The average molecular weight is 431 g/mol. The van der Waals surface area contributed by atoms with Gasteiger partial charge in [0, 0.05) is 21.2 Å². The third kappa shape index (κ3) is 2.47. The minimum atomic E-state index is -0.938. The van der Waals surface area contributed by atoms with E-state index in [4.69, 9.17) is 5.10 Å². The van der Waals surface area contributed by atoms with Crippen molar-refractivity contribution in [2.24, 2.45) is 0 Å². The van der Waals surface area contributed by atoms with Crippen LogP contribution in [0.2, 0.25) is 0 Å². The van der Waals surface area contributed by atoms with E-state index in [0.717, 1.165) is 39.3 Å². The molecule has 1 aromatic heterocycles. The normalized spacial score (nSPS) is 12.7. The molecule has 0 amide bonds. The number of fused-ring (bicyclic) bond motifs is 1. The number of benzene rings is 2. The predicted octanol–water partition coefficient (Wildman–Crippen LogP) is 3.81. The van der Waals surface area contributed by atoms with Crippen molar-refractivity contribution in [3.05, 3.63) is 63.2 Å². The first-order chi connectivity index (χ1) is 11.6. The number of anilines is 1. The molecule has 1 aliphatic heterocycles. The molecule has 0 saturated carbocycles. The van der Waals surface area contributed by atoms with E-state index in [-0.39, 0.29) is 5.56 Å². The Balaban J connectivity index is 1.90. The number of hydrogen-bond acceptors (Lipinski definition) is 3. The minimum Gasteiger partial charge on any atom is -0.478 e. The number of hydrogen-bond donors (Lipinski definition) is 2. The number of nitrogens with one attached hydrogen (secondary N) is 1. The molecule has 0 saturated heterocycles. The Hall–Kier alpha value is -2.35. The van der Waals surface area contributed by atoms with Crippen LogP contribution in [0.3, 0.4) is 0 Å². The van der Waals surface area contributed by atoms with Gasteiger partial charge in [0.1, 0.15) is 5.82 Å². The van der Waals surface area contributed by atoms with Gasteiger partial charge in [-0.1, -0.05) is 24.3 Å². The number of aromatic nitrogens is 2. The predicted molar refractivity (Wildman–Crippen MR) is 101 cm³/mol. The van der Waals surface area contributed by atoms with Crippen LogP contribution >= 0.6 is 22.6 Å². The van der Waals surface area contributed by atoms with Crippen molar-refractivity contribution in [1.82, 2.24) is 9.78 Å². The third-order valence-electron chi connectivity index (χ3n) is 4.12. The molecule has 0 radical (unpaired) electrons. The summed E-state index contributed by atoms with van der Waals surface area (Å²) in [6, 6.07) is 15.0. The number of halogens is 1. The third-order valence-corrected chi connectivity index (χ3v) is 5.06. The maximum absolute atomic E-state index is 11.2. The van der Waals surface area contributed by atoms with Crippen molar-refractivity contribution in [3.63, 3.8) is 0 Å². The van der Waals surface area contributed by atoms with Gasteiger partial charge in [-0.05, 0) is 53.3 Å². The Morgan fingerprint density at radius 3 is 2.83 bits per heavy atom. The first kappa shape index (κ1) is 15.2. The maximum Gasteiger partial charge on any atom is 0.335 e.